The van der Waals surface area contributed by atoms with E-state index < -0.39 is 10.8 Å². The first kappa shape index (κ1) is 7.52. The van der Waals surface area contributed by atoms with E-state index in [2.05, 4.69) is 4.98 Å². The molecule has 0 saturated heterocycles. The van der Waals surface area contributed by atoms with Crippen LogP contribution in [0.2, 0.25) is 0 Å². The van der Waals surface area contributed by atoms with Gasteiger partial charge in [-0.2, -0.15) is 4.98 Å². The van der Waals surface area contributed by atoms with E-state index in [0.717, 1.165) is 4.70 Å². The summed E-state index contributed by atoms with van der Waals surface area (Å²) in [6.45, 7) is 0. The van der Waals surface area contributed by atoms with Crippen LogP contribution in [0.1, 0.15) is 0 Å². The predicted octanol–water partition coefficient (Wildman–Crippen LogP) is 1.97. The SMILES string of the molecule is COc1cccc2c1nc[s+]2[O-]. The number of nitrogens with zero attached hydrogens (tertiary/aromatic N) is 1. The van der Waals surface area contributed by atoms with Gasteiger partial charge in [-0.15, -0.1) is 0 Å². The van der Waals surface area contributed by atoms with Gasteiger partial charge in [-0.3, -0.25) is 0 Å². The normalized spacial score (nSPS) is 12.0. The number of fused-ring (bicyclic) bond motifs is 1. The van der Waals surface area contributed by atoms with Crippen molar-refractivity contribution in [1.82, 2.24) is 4.98 Å². The Labute approximate surface area is 72.4 Å². The average Bonchev–Trinajstić information content (AvgIpc) is 2.48. The molecule has 1 aromatic carbocycles. The molecule has 0 amide bonds. The zero-order valence-corrected chi connectivity index (χ0v) is 7.30. The van der Waals surface area contributed by atoms with Crippen LogP contribution >= 0.6 is 10.8 Å². The first-order valence-corrected chi connectivity index (χ1v) is 4.66. The Morgan fingerprint density at radius 2 is 2.33 bits per heavy atom. The number of ether oxygens (including phenoxy) is 1. The Morgan fingerprint density at radius 1 is 1.50 bits per heavy atom. The van der Waals surface area contributed by atoms with Crippen LogP contribution < -0.4 is 4.74 Å². The quantitative estimate of drug-likeness (QED) is 0.632. The Hall–Kier alpha value is -1.13. The summed E-state index contributed by atoms with van der Waals surface area (Å²) < 4.78 is 17.0. The lowest BCUT2D eigenvalue weighted by Crippen LogP contribution is -1.82. The van der Waals surface area contributed by atoms with Crippen LogP contribution in [0.4, 0.5) is 0 Å². The average molecular weight is 181 g/mol. The molecule has 1 atom stereocenters. The number of para-hydroxylation sites is 1. The van der Waals surface area contributed by atoms with E-state index in [4.69, 9.17) is 4.74 Å². The fourth-order valence-electron chi connectivity index (χ4n) is 1.11. The van der Waals surface area contributed by atoms with Gasteiger partial charge in [-0.1, -0.05) is 6.07 Å². The Bertz CT molecular complexity index is 410. The number of rotatable bonds is 1. The maximum atomic E-state index is 11.2. The summed E-state index contributed by atoms with van der Waals surface area (Å²) in [7, 11) is 0.494. The third kappa shape index (κ3) is 0.964. The van der Waals surface area contributed by atoms with Crippen molar-refractivity contribution >= 4 is 21.0 Å². The number of hydrogen-bond acceptors (Lipinski definition) is 3. The Kier molecular flexibility index (Phi) is 1.71. The lowest BCUT2D eigenvalue weighted by molar-refractivity contribution is 0.419. The molecular weight excluding hydrogens is 174 g/mol. The van der Waals surface area contributed by atoms with Gasteiger partial charge in [0.2, 0.25) is 10.2 Å². The first-order chi connectivity index (χ1) is 5.83. The van der Waals surface area contributed by atoms with E-state index in [1.54, 1.807) is 19.2 Å². The summed E-state index contributed by atoms with van der Waals surface area (Å²) in [6, 6.07) is 5.41. The Balaban J connectivity index is 2.81. The summed E-state index contributed by atoms with van der Waals surface area (Å²) >= 11 is 0. The van der Waals surface area contributed by atoms with Crippen LogP contribution in [0.3, 0.4) is 0 Å². The summed E-state index contributed by atoms with van der Waals surface area (Å²) in [4.78, 5) is 4.00. The molecule has 0 aliphatic heterocycles. The zero-order chi connectivity index (χ0) is 8.55. The molecule has 4 heteroatoms. The van der Waals surface area contributed by atoms with Crippen molar-refractivity contribution < 1.29 is 9.29 Å². The predicted molar refractivity (Wildman–Crippen MR) is 46.9 cm³/mol. The highest BCUT2D eigenvalue weighted by molar-refractivity contribution is 7.29. The standard InChI is InChI=1S/C8H7NO2S/c1-11-6-3-2-4-7-8(6)9-5-12(7)10/h2-5H,1H3. The topological polar surface area (TPSA) is 45.2 Å². The molecule has 1 heterocycles. The second-order valence-corrected chi connectivity index (χ2v) is 3.58. The van der Waals surface area contributed by atoms with Crippen molar-refractivity contribution in [2.24, 2.45) is 0 Å². The van der Waals surface area contributed by atoms with Crippen molar-refractivity contribution in [3.05, 3.63) is 23.7 Å². The lowest BCUT2D eigenvalue weighted by atomic mass is 10.3. The summed E-state index contributed by atoms with van der Waals surface area (Å²) in [6.07, 6.45) is 0. The molecule has 0 aliphatic rings. The molecule has 62 valence electrons. The molecule has 2 rings (SSSR count). The van der Waals surface area contributed by atoms with Gasteiger partial charge in [0.1, 0.15) is 5.75 Å². The minimum absolute atomic E-state index is 0.676. The number of aromatic nitrogens is 1. The molecule has 0 aliphatic carbocycles. The molecule has 0 bridgehead atoms. The summed E-state index contributed by atoms with van der Waals surface area (Å²) in [5.41, 5.74) is 2.12. The second-order valence-electron chi connectivity index (χ2n) is 2.34. The molecule has 1 aromatic heterocycles. The highest BCUT2D eigenvalue weighted by Gasteiger charge is 2.10. The maximum Gasteiger partial charge on any atom is 0.229 e. The number of methoxy groups -OCH3 is 1. The Morgan fingerprint density at radius 3 is 3.08 bits per heavy atom. The van der Waals surface area contributed by atoms with E-state index in [1.165, 1.54) is 5.51 Å². The van der Waals surface area contributed by atoms with Crippen molar-refractivity contribution in [3.63, 3.8) is 0 Å². The van der Waals surface area contributed by atoms with Crippen LogP contribution in [-0.2, 0) is 0 Å². The van der Waals surface area contributed by atoms with Gasteiger partial charge in [-0.05, 0) is 16.8 Å². The summed E-state index contributed by atoms with van der Waals surface area (Å²) in [5, 5.41) is 0. The van der Waals surface area contributed by atoms with Gasteiger partial charge in [0.05, 0.1) is 7.11 Å². The zero-order valence-electron chi connectivity index (χ0n) is 6.48. The molecule has 1 unspecified atom stereocenters. The third-order valence-electron chi connectivity index (χ3n) is 1.68. The molecular formula is C8H7NO2S. The van der Waals surface area contributed by atoms with E-state index in [0.29, 0.717) is 11.3 Å². The lowest BCUT2D eigenvalue weighted by Gasteiger charge is -1.96. The molecule has 0 radical (unpaired) electrons. The van der Waals surface area contributed by atoms with Gasteiger partial charge in [0.25, 0.3) is 0 Å². The van der Waals surface area contributed by atoms with Gasteiger partial charge in [0, 0.05) is 6.07 Å². The van der Waals surface area contributed by atoms with Crippen molar-refractivity contribution in [2.45, 2.75) is 0 Å². The first-order valence-electron chi connectivity index (χ1n) is 3.44. The number of hydrogen-bond donors (Lipinski definition) is 0. The second kappa shape index (κ2) is 2.73. The molecule has 3 nitrogen and oxygen atoms in total. The minimum Gasteiger partial charge on any atom is -0.589 e. The van der Waals surface area contributed by atoms with E-state index >= 15 is 0 Å². The fraction of sp³-hybridized carbons (Fsp3) is 0.125. The van der Waals surface area contributed by atoms with Crippen LogP contribution in [0, 0.1) is 0 Å². The van der Waals surface area contributed by atoms with Crippen LogP contribution in [0.25, 0.3) is 10.2 Å². The largest absolute Gasteiger partial charge is 0.589 e. The highest BCUT2D eigenvalue weighted by Crippen LogP contribution is 2.31. The maximum absolute atomic E-state index is 11.2. The van der Waals surface area contributed by atoms with Gasteiger partial charge < -0.3 is 9.29 Å². The van der Waals surface area contributed by atoms with Gasteiger partial charge in [-0.25, -0.2) is 0 Å². The van der Waals surface area contributed by atoms with Crippen LogP contribution in [0.5, 0.6) is 5.75 Å². The van der Waals surface area contributed by atoms with E-state index in [-0.39, 0.29) is 0 Å². The van der Waals surface area contributed by atoms with Crippen LogP contribution in [0.15, 0.2) is 23.7 Å². The molecule has 12 heavy (non-hydrogen) atoms. The smallest absolute Gasteiger partial charge is 0.229 e. The van der Waals surface area contributed by atoms with Crippen molar-refractivity contribution in [1.29, 1.82) is 0 Å². The number of benzene rings is 1. The monoisotopic (exact) mass is 181 g/mol. The van der Waals surface area contributed by atoms with Crippen molar-refractivity contribution in [3.8, 4) is 5.75 Å². The molecule has 0 fully saturated rings. The highest BCUT2D eigenvalue weighted by atomic mass is 32.2. The molecule has 0 N–H and O–H groups in total. The minimum atomic E-state index is -1.08. The van der Waals surface area contributed by atoms with Crippen molar-refractivity contribution in [2.75, 3.05) is 7.11 Å². The number of thiazole rings is 1. The molecule has 2 aromatic rings. The third-order valence-corrected chi connectivity index (χ3v) is 2.74. The fourth-order valence-corrected chi connectivity index (χ4v) is 1.99. The van der Waals surface area contributed by atoms with Gasteiger partial charge >= 0.3 is 0 Å². The van der Waals surface area contributed by atoms with E-state index in [1.807, 2.05) is 6.07 Å². The molecule has 0 spiro atoms. The van der Waals surface area contributed by atoms with E-state index in [9.17, 15) is 4.55 Å². The summed E-state index contributed by atoms with van der Waals surface area (Å²) in [5.74, 6) is 0.676. The van der Waals surface area contributed by atoms with Crippen LogP contribution in [-0.4, -0.2) is 16.6 Å². The van der Waals surface area contributed by atoms with Gasteiger partial charge in [0.15, 0.2) is 5.52 Å². The molecule has 0 saturated carbocycles.